The van der Waals surface area contributed by atoms with Crippen LogP contribution in [0.1, 0.15) is 53.3 Å². The van der Waals surface area contributed by atoms with E-state index in [2.05, 4.69) is 10.3 Å². The SMILES string of the molecule is CCCCOC(=O)c1ccc(NC(=O)COC(=O)c2cccnc2N2CCCC2)cc1. The van der Waals surface area contributed by atoms with E-state index in [4.69, 9.17) is 9.47 Å². The first-order valence-electron chi connectivity index (χ1n) is 10.5. The van der Waals surface area contributed by atoms with Gasteiger partial charge in [0.25, 0.3) is 5.91 Å². The highest BCUT2D eigenvalue weighted by Crippen LogP contribution is 2.22. The van der Waals surface area contributed by atoms with Crippen LogP contribution in [0, 0.1) is 0 Å². The van der Waals surface area contributed by atoms with Gasteiger partial charge in [-0.1, -0.05) is 13.3 Å². The van der Waals surface area contributed by atoms with Gasteiger partial charge in [0.05, 0.1) is 12.2 Å². The number of pyridine rings is 1. The average molecular weight is 425 g/mol. The van der Waals surface area contributed by atoms with Crippen LogP contribution in [0.4, 0.5) is 11.5 Å². The second kappa shape index (κ2) is 11.1. The number of nitrogens with one attached hydrogen (secondary N) is 1. The Morgan fingerprint density at radius 3 is 2.48 bits per heavy atom. The van der Waals surface area contributed by atoms with E-state index in [9.17, 15) is 14.4 Å². The van der Waals surface area contributed by atoms with Crippen molar-refractivity contribution in [2.45, 2.75) is 32.6 Å². The lowest BCUT2D eigenvalue weighted by Crippen LogP contribution is -2.24. The summed E-state index contributed by atoms with van der Waals surface area (Å²) in [4.78, 5) is 42.9. The molecule has 1 aliphatic heterocycles. The molecule has 164 valence electrons. The van der Waals surface area contributed by atoms with Crippen LogP contribution in [0.3, 0.4) is 0 Å². The minimum atomic E-state index is -0.588. The van der Waals surface area contributed by atoms with Crippen molar-refractivity contribution in [2.75, 3.05) is 36.5 Å². The van der Waals surface area contributed by atoms with E-state index in [-0.39, 0.29) is 0 Å². The number of esters is 2. The van der Waals surface area contributed by atoms with E-state index < -0.39 is 24.5 Å². The number of nitrogens with zero attached hydrogens (tertiary/aromatic N) is 2. The molecule has 0 unspecified atom stereocenters. The summed E-state index contributed by atoms with van der Waals surface area (Å²) in [6.07, 6.45) is 5.52. The summed E-state index contributed by atoms with van der Waals surface area (Å²) in [5.74, 6) is -0.870. The Hall–Kier alpha value is -3.42. The van der Waals surface area contributed by atoms with Crippen molar-refractivity contribution in [3.63, 3.8) is 0 Å². The summed E-state index contributed by atoms with van der Waals surface area (Å²) < 4.78 is 10.3. The van der Waals surface area contributed by atoms with Crippen molar-refractivity contribution in [1.82, 2.24) is 4.98 Å². The second-order valence-corrected chi connectivity index (χ2v) is 7.26. The molecule has 0 aliphatic carbocycles. The molecule has 1 N–H and O–H groups in total. The first-order chi connectivity index (χ1) is 15.1. The highest BCUT2D eigenvalue weighted by molar-refractivity contribution is 5.98. The molecular weight excluding hydrogens is 398 g/mol. The fraction of sp³-hybridized carbons (Fsp3) is 0.391. The molecule has 1 aliphatic rings. The largest absolute Gasteiger partial charge is 0.462 e. The smallest absolute Gasteiger partial charge is 0.342 e. The summed E-state index contributed by atoms with van der Waals surface area (Å²) >= 11 is 0. The van der Waals surface area contributed by atoms with Gasteiger partial charge in [0.2, 0.25) is 0 Å². The summed E-state index contributed by atoms with van der Waals surface area (Å²) in [6, 6.07) is 9.68. The van der Waals surface area contributed by atoms with Gasteiger partial charge in [-0.05, 0) is 55.7 Å². The quantitative estimate of drug-likeness (QED) is 0.485. The van der Waals surface area contributed by atoms with Crippen LogP contribution >= 0.6 is 0 Å². The van der Waals surface area contributed by atoms with Crippen LogP contribution < -0.4 is 10.2 Å². The fourth-order valence-corrected chi connectivity index (χ4v) is 3.23. The highest BCUT2D eigenvalue weighted by atomic mass is 16.5. The van der Waals surface area contributed by atoms with Gasteiger partial charge in [-0.25, -0.2) is 14.6 Å². The number of rotatable bonds is 9. The molecule has 8 heteroatoms. The van der Waals surface area contributed by atoms with Crippen molar-refractivity contribution in [3.8, 4) is 0 Å². The topological polar surface area (TPSA) is 97.8 Å². The minimum Gasteiger partial charge on any atom is -0.462 e. The molecule has 1 amide bonds. The van der Waals surface area contributed by atoms with Gasteiger partial charge in [0.15, 0.2) is 6.61 Å². The normalized spacial score (nSPS) is 13.0. The third-order valence-electron chi connectivity index (χ3n) is 4.88. The predicted molar refractivity (Wildman–Crippen MR) is 116 cm³/mol. The maximum atomic E-state index is 12.5. The molecule has 3 rings (SSSR count). The third-order valence-corrected chi connectivity index (χ3v) is 4.88. The molecule has 0 atom stereocenters. The van der Waals surface area contributed by atoms with Gasteiger partial charge in [-0.3, -0.25) is 4.79 Å². The van der Waals surface area contributed by atoms with Crippen molar-refractivity contribution in [1.29, 1.82) is 0 Å². The van der Waals surface area contributed by atoms with E-state index in [0.29, 0.717) is 29.2 Å². The number of carbonyl (C=O) groups excluding carboxylic acids is 3. The predicted octanol–water partition coefficient (Wildman–Crippen LogP) is 3.43. The van der Waals surface area contributed by atoms with E-state index >= 15 is 0 Å². The zero-order valence-electron chi connectivity index (χ0n) is 17.6. The number of unbranched alkanes of at least 4 members (excludes halogenated alkanes) is 1. The van der Waals surface area contributed by atoms with E-state index in [1.54, 1.807) is 42.6 Å². The van der Waals surface area contributed by atoms with Gasteiger partial charge >= 0.3 is 11.9 Å². The van der Waals surface area contributed by atoms with Gasteiger partial charge in [0, 0.05) is 25.0 Å². The van der Waals surface area contributed by atoms with Crippen molar-refractivity contribution >= 4 is 29.4 Å². The Bertz CT molecular complexity index is 908. The van der Waals surface area contributed by atoms with Crippen LogP contribution in [0.15, 0.2) is 42.6 Å². The number of anilines is 2. The van der Waals surface area contributed by atoms with Gasteiger partial charge in [-0.15, -0.1) is 0 Å². The molecule has 2 aromatic rings. The van der Waals surface area contributed by atoms with Crippen LogP contribution in [0.5, 0.6) is 0 Å². The van der Waals surface area contributed by atoms with Crippen LogP contribution in [0.2, 0.25) is 0 Å². The first-order valence-corrected chi connectivity index (χ1v) is 10.5. The molecule has 0 bridgehead atoms. The molecule has 0 saturated carbocycles. The lowest BCUT2D eigenvalue weighted by Gasteiger charge is -2.18. The molecule has 1 aromatic heterocycles. The molecule has 1 fully saturated rings. The maximum Gasteiger partial charge on any atom is 0.342 e. The summed E-state index contributed by atoms with van der Waals surface area (Å²) in [5.41, 5.74) is 1.25. The second-order valence-electron chi connectivity index (χ2n) is 7.26. The molecule has 0 radical (unpaired) electrons. The fourth-order valence-electron chi connectivity index (χ4n) is 3.23. The Kier molecular flexibility index (Phi) is 7.98. The first kappa shape index (κ1) is 22.3. The summed E-state index contributed by atoms with van der Waals surface area (Å²) in [6.45, 7) is 3.68. The molecule has 0 spiro atoms. The molecular formula is C23H27N3O5. The molecule has 31 heavy (non-hydrogen) atoms. The number of amides is 1. The molecule has 1 aromatic carbocycles. The van der Waals surface area contributed by atoms with Crippen molar-refractivity contribution in [2.24, 2.45) is 0 Å². The van der Waals surface area contributed by atoms with Crippen molar-refractivity contribution < 1.29 is 23.9 Å². The highest BCUT2D eigenvalue weighted by Gasteiger charge is 2.22. The van der Waals surface area contributed by atoms with Gasteiger partial charge in [-0.2, -0.15) is 0 Å². The third kappa shape index (κ3) is 6.28. The number of hydrogen-bond acceptors (Lipinski definition) is 7. The van der Waals surface area contributed by atoms with E-state index in [0.717, 1.165) is 38.8 Å². The number of carbonyl (C=O) groups is 3. The molecule has 1 saturated heterocycles. The van der Waals surface area contributed by atoms with Crippen LogP contribution in [-0.4, -0.2) is 49.1 Å². The van der Waals surface area contributed by atoms with Crippen LogP contribution in [-0.2, 0) is 14.3 Å². The zero-order chi connectivity index (χ0) is 22.1. The Labute approximate surface area is 181 Å². The number of benzene rings is 1. The van der Waals surface area contributed by atoms with Crippen LogP contribution in [0.25, 0.3) is 0 Å². The summed E-state index contributed by atoms with van der Waals surface area (Å²) in [7, 11) is 0. The standard InChI is InChI=1S/C23H27N3O5/c1-2-3-15-30-22(28)17-8-10-18(11-9-17)25-20(27)16-31-23(29)19-7-6-12-24-21(19)26-13-4-5-14-26/h6-12H,2-5,13-16H2,1H3,(H,25,27). The van der Waals surface area contributed by atoms with E-state index in [1.807, 2.05) is 11.8 Å². The number of hydrogen-bond donors (Lipinski definition) is 1. The Morgan fingerprint density at radius 2 is 1.77 bits per heavy atom. The minimum absolute atomic E-state index is 0.350. The zero-order valence-corrected chi connectivity index (χ0v) is 17.6. The lowest BCUT2D eigenvalue weighted by atomic mass is 10.2. The Morgan fingerprint density at radius 1 is 1.03 bits per heavy atom. The maximum absolute atomic E-state index is 12.5. The molecule has 8 nitrogen and oxygen atoms in total. The molecule has 2 heterocycles. The van der Waals surface area contributed by atoms with E-state index in [1.165, 1.54) is 0 Å². The summed E-state index contributed by atoms with van der Waals surface area (Å²) in [5, 5.41) is 2.64. The number of ether oxygens (including phenoxy) is 2. The lowest BCUT2D eigenvalue weighted by molar-refractivity contribution is -0.119. The Balaban J connectivity index is 1.50. The average Bonchev–Trinajstić information content (AvgIpc) is 3.33. The van der Waals surface area contributed by atoms with Crippen molar-refractivity contribution in [3.05, 3.63) is 53.7 Å². The van der Waals surface area contributed by atoms with Gasteiger partial charge < -0.3 is 19.7 Å². The van der Waals surface area contributed by atoms with Gasteiger partial charge in [0.1, 0.15) is 11.4 Å². The monoisotopic (exact) mass is 425 g/mol. The number of aromatic nitrogens is 1.